The summed E-state index contributed by atoms with van der Waals surface area (Å²) in [5.41, 5.74) is 1.23. The molecule has 1 aromatic carbocycles. The predicted molar refractivity (Wildman–Crippen MR) is 109 cm³/mol. The molecule has 29 heavy (non-hydrogen) atoms. The Hall–Kier alpha value is -2.70. The second-order valence-electron chi connectivity index (χ2n) is 7.89. The van der Waals surface area contributed by atoms with Gasteiger partial charge in [-0.1, -0.05) is 12.8 Å². The molecule has 1 saturated carbocycles. The Morgan fingerprint density at radius 2 is 1.72 bits per heavy atom. The van der Waals surface area contributed by atoms with Gasteiger partial charge in [-0.15, -0.1) is 0 Å². The summed E-state index contributed by atoms with van der Waals surface area (Å²) in [6.07, 6.45) is 5.12. The molecule has 3 aliphatic rings. The monoisotopic (exact) mass is 400 g/mol. The van der Waals surface area contributed by atoms with Crippen LogP contribution in [0, 0.1) is 0 Å². The van der Waals surface area contributed by atoms with Gasteiger partial charge in [-0.05, 0) is 36.5 Å². The first-order valence-corrected chi connectivity index (χ1v) is 10.2. The molecule has 4 rings (SSSR count). The van der Waals surface area contributed by atoms with Crippen molar-refractivity contribution in [3.63, 3.8) is 0 Å². The van der Waals surface area contributed by atoms with Crippen molar-refractivity contribution in [3.8, 4) is 17.2 Å². The molecule has 1 fully saturated rings. The largest absolute Gasteiger partial charge is 0.511 e. The number of methoxy groups -OCH3 is 3. The molecule has 0 amide bonds. The Labute approximate surface area is 170 Å². The van der Waals surface area contributed by atoms with Crippen molar-refractivity contribution in [1.82, 2.24) is 5.32 Å². The number of fused-ring (bicyclic) bond motifs is 1. The third-order valence-corrected chi connectivity index (χ3v) is 6.18. The zero-order chi connectivity index (χ0) is 20.5. The molecule has 0 aromatic heterocycles. The molecule has 1 aliphatic heterocycles. The average Bonchev–Trinajstić information content (AvgIpc) is 3.15. The number of aliphatic imine (C=N–C) groups is 1. The molecule has 0 saturated heterocycles. The number of hydrogen-bond donors (Lipinski definition) is 2. The van der Waals surface area contributed by atoms with Crippen molar-refractivity contribution in [2.24, 2.45) is 4.99 Å². The number of benzene rings is 1. The fraction of sp³-hybridized carbons (Fsp3) is 0.545. The lowest BCUT2D eigenvalue weighted by molar-refractivity contribution is -0.116. The summed E-state index contributed by atoms with van der Waals surface area (Å²) in [5.74, 6) is 2.01. The van der Waals surface area contributed by atoms with Gasteiger partial charge in [0, 0.05) is 18.9 Å². The quantitative estimate of drug-likeness (QED) is 0.788. The summed E-state index contributed by atoms with van der Waals surface area (Å²) in [4.78, 5) is 17.7. The summed E-state index contributed by atoms with van der Waals surface area (Å²) in [7, 11) is 4.68. The second-order valence-corrected chi connectivity index (χ2v) is 7.89. The van der Waals surface area contributed by atoms with Crippen molar-refractivity contribution >= 4 is 11.6 Å². The van der Waals surface area contributed by atoms with Crippen molar-refractivity contribution in [2.45, 2.75) is 56.5 Å². The number of aliphatic hydroxyl groups is 1. The van der Waals surface area contributed by atoms with Crippen molar-refractivity contribution in [1.29, 1.82) is 0 Å². The van der Waals surface area contributed by atoms with Gasteiger partial charge in [0.05, 0.1) is 32.9 Å². The number of ether oxygens (including phenoxy) is 3. The number of rotatable bonds is 5. The van der Waals surface area contributed by atoms with Gasteiger partial charge in [0.1, 0.15) is 11.6 Å². The highest BCUT2D eigenvalue weighted by atomic mass is 16.5. The van der Waals surface area contributed by atoms with E-state index in [1.165, 1.54) is 12.8 Å². The summed E-state index contributed by atoms with van der Waals surface area (Å²) in [6, 6.07) is 4.20. The molecule has 2 aliphatic carbocycles. The standard InChI is InChI=1S/C22H28N2O5/c1-27-18-10-13(11-19(28-2)21(18)29-3)12-8-16(25)20(17(26)9-12)22-23-14-6-4-5-7-15(14)24-22/h10-12,14-15,25H,4-9H2,1-3H3,(H,23,24)/t12?,14-,15-/m1/s1. The molecule has 1 unspecified atom stereocenters. The minimum absolute atomic E-state index is 0.0857. The predicted octanol–water partition coefficient (Wildman–Crippen LogP) is 3.28. The first kappa shape index (κ1) is 19.6. The maximum Gasteiger partial charge on any atom is 0.203 e. The number of ketones is 1. The van der Waals surface area contributed by atoms with Gasteiger partial charge in [0.25, 0.3) is 0 Å². The van der Waals surface area contributed by atoms with E-state index in [9.17, 15) is 9.90 Å². The summed E-state index contributed by atoms with van der Waals surface area (Å²) < 4.78 is 16.2. The van der Waals surface area contributed by atoms with Crippen LogP contribution in [0.5, 0.6) is 17.2 Å². The number of hydrogen-bond acceptors (Lipinski definition) is 7. The molecular weight excluding hydrogens is 372 g/mol. The van der Waals surface area contributed by atoms with Crippen LogP contribution in [0.25, 0.3) is 0 Å². The molecule has 156 valence electrons. The van der Waals surface area contributed by atoms with Gasteiger partial charge in [0.15, 0.2) is 17.3 Å². The van der Waals surface area contributed by atoms with E-state index in [0.717, 1.165) is 18.4 Å². The highest BCUT2D eigenvalue weighted by Gasteiger charge is 2.38. The van der Waals surface area contributed by atoms with Crippen LogP contribution in [0.3, 0.4) is 0 Å². The molecular formula is C22H28N2O5. The van der Waals surface area contributed by atoms with E-state index in [1.807, 2.05) is 12.1 Å². The lowest BCUT2D eigenvalue weighted by atomic mass is 9.82. The van der Waals surface area contributed by atoms with Crippen molar-refractivity contribution in [2.75, 3.05) is 21.3 Å². The van der Waals surface area contributed by atoms with E-state index < -0.39 is 0 Å². The fourth-order valence-corrected chi connectivity index (χ4v) is 4.69. The SMILES string of the molecule is COc1cc(C2CC(=O)C(C3=N[C@@H]4CCCC[C@H]4N3)=C(O)C2)cc(OC)c1OC. The lowest BCUT2D eigenvalue weighted by Gasteiger charge is -2.26. The van der Waals surface area contributed by atoms with E-state index >= 15 is 0 Å². The van der Waals surface area contributed by atoms with E-state index in [2.05, 4.69) is 5.32 Å². The zero-order valence-electron chi connectivity index (χ0n) is 17.2. The normalized spacial score (nSPS) is 26.5. The Kier molecular flexibility index (Phi) is 5.39. The third-order valence-electron chi connectivity index (χ3n) is 6.18. The Bertz CT molecular complexity index is 851. The molecule has 3 atom stereocenters. The van der Waals surface area contributed by atoms with Crippen LogP contribution in [0.4, 0.5) is 0 Å². The molecule has 0 spiro atoms. The van der Waals surface area contributed by atoms with E-state index in [-0.39, 0.29) is 23.5 Å². The molecule has 1 aromatic rings. The molecule has 1 heterocycles. The Balaban J connectivity index is 1.62. The smallest absolute Gasteiger partial charge is 0.203 e. The number of aliphatic hydroxyl groups excluding tert-OH is 1. The number of amidine groups is 1. The molecule has 7 heteroatoms. The van der Waals surface area contributed by atoms with Gasteiger partial charge in [-0.25, -0.2) is 0 Å². The first-order chi connectivity index (χ1) is 14.0. The average molecular weight is 400 g/mol. The molecule has 2 N–H and O–H groups in total. The van der Waals surface area contributed by atoms with Crippen LogP contribution in [-0.4, -0.2) is 50.1 Å². The number of nitrogens with one attached hydrogen (secondary N) is 1. The van der Waals surface area contributed by atoms with Crippen molar-refractivity contribution < 1.29 is 24.1 Å². The minimum atomic E-state index is -0.163. The highest BCUT2D eigenvalue weighted by Crippen LogP contribution is 2.43. The second kappa shape index (κ2) is 7.97. The maximum absolute atomic E-state index is 13.0. The Morgan fingerprint density at radius 1 is 1.03 bits per heavy atom. The number of nitrogens with zero attached hydrogens (tertiary/aromatic N) is 1. The van der Waals surface area contributed by atoms with Crippen LogP contribution >= 0.6 is 0 Å². The minimum Gasteiger partial charge on any atom is -0.511 e. The van der Waals surface area contributed by atoms with Gasteiger partial charge in [-0.2, -0.15) is 0 Å². The van der Waals surface area contributed by atoms with Crippen LogP contribution in [-0.2, 0) is 4.79 Å². The number of carbonyl (C=O) groups is 1. The lowest BCUT2D eigenvalue weighted by Crippen LogP contribution is -2.39. The topological polar surface area (TPSA) is 89.4 Å². The van der Waals surface area contributed by atoms with E-state index in [0.29, 0.717) is 47.5 Å². The van der Waals surface area contributed by atoms with Gasteiger partial charge in [0.2, 0.25) is 5.75 Å². The zero-order valence-corrected chi connectivity index (χ0v) is 17.2. The molecule has 0 radical (unpaired) electrons. The van der Waals surface area contributed by atoms with Gasteiger partial charge >= 0.3 is 0 Å². The summed E-state index contributed by atoms with van der Waals surface area (Å²) >= 11 is 0. The molecule has 0 bridgehead atoms. The van der Waals surface area contributed by atoms with E-state index in [4.69, 9.17) is 19.2 Å². The summed E-state index contributed by atoms with van der Waals surface area (Å²) in [5, 5.41) is 14.2. The molecule has 7 nitrogen and oxygen atoms in total. The van der Waals surface area contributed by atoms with Crippen LogP contribution in [0.1, 0.15) is 50.0 Å². The first-order valence-electron chi connectivity index (χ1n) is 10.2. The Morgan fingerprint density at radius 3 is 2.31 bits per heavy atom. The number of allylic oxidation sites excluding steroid dienone is 1. The fourth-order valence-electron chi connectivity index (χ4n) is 4.69. The van der Waals surface area contributed by atoms with Crippen LogP contribution < -0.4 is 19.5 Å². The van der Waals surface area contributed by atoms with Gasteiger partial charge < -0.3 is 24.6 Å². The highest BCUT2D eigenvalue weighted by molar-refractivity contribution is 6.23. The van der Waals surface area contributed by atoms with Gasteiger partial charge in [-0.3, -0.25) is 9.79 Å². The van der Waals surface area contributed by atoms with E-state index in [1.54, 1.807) is 21.3 Å². The number of Topliss-reactive ketones (excluding diaryl/α,β-unsaturated/α-hetero) is 1. The number of carbonyl (C=O) groups excluding carboxylic acids is 1. The maximum atomic E-state index is 13.0. The summed E-state index contributed by atoms with van der Waals surface area (Å²) in [6.45, 7) is 0. The van der Waals surface area contributed by atoms with Crippen molar-refractivity contribution in [3.05, 3.63) is 29.0 Å². The third kappa shape index (κ3) is 3.54. The van der Waals surface area contributed by atoms with Crippen LogP contribution in [0.2, 0.25) is 0 Å². The van der Waals surface area contributed by atoms with Crippen LogP contribution in [0.15, 0.2) is 28.5 Å².